The van der Waals surface area contributed by atoms with E-state index >= 15 is 0 Å². The van der Waals surface area contributed by atoms with Gasteiger partial charge in [-0.05, 0) is 55.5 Å². The molecule has 0 spiro atoms. The first-order chi connectivity index (χ1) is 16.3. The summed E-state index contributed by atoms with van der Waals surface area (Å²) in [6.07, 6.45) is 7.62. The van der Waals surface area contributed by atoms with Crippen LogP contribution in [-0.4, -0.2) is 58.7 Å². The predicted molar refractivity (Wildman–Crippen MR) is 133 cm³/mol. The zero-order valence-electron chi connectivity index (χ0n) is 19.8. The minimum absolute atomic E-state index is 0.192. The van der Waals surface area contributed by atoms with Gasteiger partial charge < -0.3 is 4.74 Å². The molecule has 9 heteroatoms. The van der Waals surface area contributed by atoms with Crippen LogP contribution < -0.4 is 4.74 Å². The lowest BCUT2D eigenvalue weighted by Crippen LogP contribution is -2.32. The second kappa shape index (κ2) is 10.8. The van der Waals surface area contributed by atoms with E-state index in [9.17, 15) is 16.8 Å². The Labute approximate surface area is 203 Å². The fourth-order valence-electron chi connectivity index (χ4n) is 4.74. The molecule has 2 aromatic rings. The highest BCUT2D eigenvalue weighted by molar-refractivity contribution is 7.89. The van der Waals surface area contributed by atoms with Crippen molar-refractivity contribution in [1.29, 1.82) is 0 Å². The summed E-state index contributed by atoms with van der Waals surface area (Å²) in [5.41, 5.74) is 1.20. The van der Waals surface area contributed by atoms with Crippen molar-refractivity contribution < 1.29 is 21.6 Å². The third kappa shape index (κ3) is 5.32. The van der Waals surface area contributed by atoms with Crippen molar-refractivity contribution >= 4 is 20.0 Å². The van der Waals surface area contributed by atoms with Gasteiger partial charge in [-0.3, -0.25) is 0 Å². The van der Waals surface area contributed by atoms with Crippen LogP contribution >= 0.6 is 0 Å². The van der Waals surface area contributed by atoms with Crippen LogP contribution in [0.4, 0.5) is 0 Å². The van der Waals surface area contributed by atoms with Crippen molar-refractivity contribution in [3.05, 3.63) is 42.5 Å². The molecule has 4 rings (SSSR count). The lowest BCUT2D eigenvalue weighted by atomic mass is 10.1. The average Bonchev–Trinajstić information content (AvgIpc) is 3.30. The van der Waals surface area contributed by atoms with E-state index in [1.54, 1.807) is 51.1 Å². The SMILES string of the molecule is COc1ccc(-c2ccc(S(=O)(=O)N3CCCCCC3)cc2)c(S(=O)(=O)N2CCCCCC2)c1. The zero-order chi connectivity index (χ0) is 24.2. The molecule has 186 valence electrons. The summed E-state index contributed by atoms with van der Waals surface area (Å²) < 4.78 is 62.0. The first kappa shape index (κ1) is 25.2. The Morgan fingerprint density at radius 1 is 0.647 bits per heavy atom. The molecule has 0 bridgehead atoms. The molecule has 2 heterocycles. The summed E-state index contributed by atoms with van der Waals surface area (Å²) in [5.74, 6) is 0.470. The maximum atomic E-state index is 13.6. The average molecular weight is 507 g/mol. The van der Waals surface area contributed by atoms with E-state index in [0.717, 1.165) is 51.4 Å². The van der Waals surface area contributed by atoms with Gasteiger partial charge in [0, 0.05) is 37.8 Å². The molecule has 7 nitrogen and oxygen atoms in total. The molecule has 34 heavy (non-hydrogen) atoms. The van der Waals surface area contributed by atoms with Gasteiger partial charge in [0.05, 0.1) is 16.9 Å². The van der Waals surface area contributed by atoms with Crippen LogP contribution in [0.25, 0.3) is 11.1 Å². The van der Waals surface area contributed by atoms with Crippen molar-refractivity contribution in [2.45, 2.75) is 61.2 Å². The Bertz CT molecular complexity index is 1180. The molecule has 2 aliphatic heterocycles. The molecule has 0 N–H and O–H groups in total. The summed E-state index contributed by atoms with van der Waals surface area (Å²) in [6, 6.07) is 11.6. The zero-order valence-corrected chi connectivity index (χ0v) is 21.4. The van der Waals surface area contributed by atoms with Crippen LogP contribution in [-0.2, 0) is 20.0 Å². The quantitative estimate of drug-likeness (QED) is 0.576. The van der Waals surface area contributed by atoms with Crippen LogP contribution in [0.2, 0.25) is 0 Å². The second-order valence-corrected chi connectivity index (χ2v) is 12.9. The molecule has 0 unspecified atom stereocenters. The first-order valence-corrected chi connectivity index (χ1v) is 15.0. The van der Waals surface area contributed by atoms with Crippen molar-refractivity contribution in [3.8, 4) is 16.9 Å². The molecular formula is C25H34N2O5S2. The summed E-state index contributed by atoms with van der Waals surface area (Å²) in [6.45, 7) is 2.10. The van der Waals surface area contributed by atoms with Gasteiger partial charge in [-0.2, -0.15) is 8.61 Å². The number of methoxy groups -OCH3 is 1. The molecule has 0 atom stereocenters. The van der Waals surface area contributed by atoms with Crippen LogP contribution in [0.15, 0.2) is 52.3 Å². The van der Waals surface area contributed by atoms with E-state index < -0.39 is 20.0 Å². The third-order valence-corrected chi connectivity index (χ3v) is 10.6. The molecule has 0 aliphatic carbocycles. The van der Waals surface area contributed by atoms with Crippen molar-refractivity contribution in [2.75, 3.05) is 33.3 Å². The molecule has 0 radical (unpaired) electrons. The van der Waals surface area contributed by atoms with Crippen molar-refractivity contribution in [2.24, 2.45) is 0 Å². The molecular weight excluding hydrogens is 472 g/mol. The number of ether oxygens (including phenoxy) is 1. The highest BCUT2D eigenvalue weighted by Gasteiger charge is 2.29. The van der Waals surface area contributed by atoms with E-state index in [1.165, 1.54) is 7.11 Å². The standard InChI is InChI=1S/C25H34N2O5S2/c1-32-22-12-15-24(25(20-22)34(30,31)27-18-8-4-5-9-19-27)21-10-13-23(14-11-21)33(28,29)26-16-6-2-3-7-17-26/h10-15,20H,2-9,16-19H2,1H3. The van der Waals surface area contributed by atoms with Crippen molar-refractivity contribution in [1.82, 2.24) is 8.61 Å². The Morgan fingerprint density at radius 3 is 1.65 bits per heavy atom. The Hall–Kier alpha value is -1.94. The fraction of sp³-hybridized carbons (Fsp3) is 0.520. The van der Waals surface area contributed by atoms with Gasteiger partial charge in [-0.15, -0.1) is 0 Å². The first-order valence-electron chi connectivity index (χ1n) is 12.1. The van der Waals surface area contributed by atoms with Crippen LogP contribution in [0, 0.1) is 0 Å². The molecule has 0 aromatic heterocycles. The normalized spacial score (nSPS) is 19.3. The van der Waals surface area contributed by atoms with Crippen molar-refractivity contribution in [3.63, 3.8) is 0 Å². The Kier molecular flexibility index (Phi) is 7.97. The fourth-order valence-corrected chi connectivity index (χ4v) is 8.00. The summed E-state index contributed by atoms with van der Waals surface area (Å²) in [7, 11) is -5.78. The number of rotatable bonds is 6. The number of hydrogen-bond acceptors (Lipinski definition) is 5. The number of nitrogens with zero attached hydrogens (tertiary/aromatic N) is 2. The molecule has 0 amide bonds. The molecule has 2 aliphatic rings. The van der Waals surface area contributed by atoms with E-state index in [0.29, 0.717) is 43.1 Å². The highest BCUT2D eigenvalue weighted by atomic mass is 32.2. The van der Waals surface area contributed by atoms with Gasteiger partial charge in [-0.1, -0.05) is 37.8 Å². The van der Waals surface area contributed by atoms with Gasteiger partial charge in [0.15, 0.2) is 0 Å². The maximum absolute atomic E-state index is 13.6. The van der Waals surface area contributed by atoms with Crippen LogP contribution in [0.1, 0.15) is 51.4 Å². The summed E-state index contributed by atoms with van der Waals surface area (Å²) in [5, 5.41) is 0. The van der Waals surface area contributed by atoms with Gasteiger partial charge in [-0.25, -0.2) is 16.8 Å². The van der Waals surface area contributed by atoms with E-state index in [4.69, 9.17) is 4.74 Å². The Balaban J connectivity index is 1.69. The van der Waals surface area contributed by atoms with E-state index in [2.05, 4.69) is 0 Å². The van der Waals surface area contributed by atoms with E-state index in [-0.39, 0.29) is 9.79 Å². The number of sulfonamides is 2. The van der Waals surface area contributed by atoms with Gasteiger partial charge >= 0.3 is 0 Å². The van der Waals surface area contributed by atoms with Gasteiger partial charge in [0.25, 0.3) is 0 Å². The van der Waals surface area contributed by atoms with Crippen LogP contribution in [0.3, 0.4) is 0 Å². The number of benzene rings is 2. The molecule has 2 aromatic carbocycles. The summed E-state index contributed by atoms with van der Waals surface area (Å²) in [4.78, 5) is 0.431. The maximum Gasteiger partial charge on any atom is 0.243 e. The second-order valence-electron chi connectivity index (χ2n) is 9.02. The van der Waals surface area contributed by atoms with E-state index in [1.807, 2.05) is 0 Å². The molecule has 2 fully saturated rings. The molecule has 2 saturated heterocycles. The smallest absolute Gasteiger partial charge is 0.243 e. The number of hydrogen-bond donors (Lipinski definition) is 0. The largest absolute Gasteiger partial charge is 0.497 e. The molecule has 0 saturated carbocycles. The lowest BCUT2D eigenvalue weighted by molar-refractivity contribution is 0.410. The minimum Gasteiger partial charge on any atom is -0.497 e. The Morgan fingerprint density at radius 2 is 1.15 bits per heavy atom. The van der Waals surface area contributed by atoms with Gasteiger partial charge in [0.1, 0.15) is 5.75 Å². The third-order valence-electron chi connectivity index (χ3n) is 6.74. The predicted octanol–water partition coefficient (Wildman–Crippen LogP) is 4.49. The summed E-state index contributed by atoms with van der Waals surface area (Å²) >= 11 is 0. The van der Waals surface area contributed by atoms with Gasteiger partial charge in [0.2, 0.25) is 20.0 Å². The minimum atomic E-state index is -3.73. The highest BCUT2D eigenvalue weighted by Crippen LogP contribution is 2.34. The van der Waals surface area contributed by atoms with Crippen LogP contribution in [0.5, 0.6) is 5.75 Å². The topological polar surface area (TPSA) is 84.0 Å². The monoisotopic (exact) mass is 506 g/mol. The lowest BCUT2D eigenvalue weighted by Gasteiger charge is -2.22.